The maximum Gasteiger partial charge on any atom is 0.341 e. The van der Waals surface area contributed by atoms with Gasteiger partial charge in [0, 0.05) is 11.8 Å². The smallest absolute Gasteiger partial charge is 0.341 e. The van der Waals surface area contributed by atoms with Crippen molar-refractivity contribution in [3.8, 4) is 11.1 Å². The molecule has 0 aliphatic heterocycles. The zero-order valence-corrected chi connectivity index (χ0v) is 10.1. The number of hydrogen-bond donors (Lipinski definition) is 2. The van der Waals surface area contributed by atoms with Gasteiger partial charge in [-0.1, -0.05) is 18.2 Å². The molecule has 5 heteroatoms. The predicted octanol–water partition coefficient (Wildman–Crippen LogP) is 1.94. The number of aromatic nitrogens is 1. The standard InChI is InChI=1S/C14H11NO4/c1-8(16)9-3-2-4-10(5-9)11-6-12(14(18)19)13(17)15-7-11/h2-7H,1H3,(H,15,17)(H,18,19). The summed E-state index contributed by atoms with van der Waals surface area (Å²) in [5, 5.41) is 8.91. The highest BCUT2D eigenvalue weighted by atomic mass is 16.4. The van der Waals surface area contributed by atoms with Crippen LogP contribution in [0.25, 0.3) is 11.1 Å². The fraction of sp³-hybridized carbons (Fsp3) is 0.0714. The second-order valence-corrected chi connectivity index (χ2v) is 4.07. The lowest BCUT2D eigenvalue weighted by Gasteiger charge is -2.04. The molecule has 1 aromatic carbocycles. The predicted molar refractivity (Wildman–Crippen MR) is 69.5 cm³/mol. The second kappa shape index (κ2) is 4.89. The van der Waals surface area contributed by atoms with E-state index in [4.69, 9.17) is 5.11 Å². The van der Waals surface area contributed by atoms with Crippen LogP contribution < -0.4 is 5.56 Å². The van der Waals surface area contributed by atoms with Crippen molar-refractivity contribution in [2.75, 3.05) is 0 Å². The van der Waals surface area contributed by atoms with Crippen LogP contribution in [0, 0.1) is 0 Å². The van der Waals surface area contributed by atoms with Crippen LogP contribution in [0.1, 0.15) is 27.6 Å². The summed E-state index contributed by atoms with van der Waals surface area (Å²) in [6, 6.07) is 8.07. The molecule has 0 fully saturated rings. The molecule has 0 aliphatic carbocycles. The Hall–Kier alpha value is -2.69. The molecule has 1 heterocycles. The van der Waals surface area contributed by atoms with Gasteiger partial charge in [0.05, 0.1) is 0 Å². The highest BCUT2D eigenvalue weighted by Crippen LogP contribution is 2.20. The minimum absolute atomic E-state index is 0.0790. The van der Waals surface area contributed by atoms with Crippen molar-refractivity contribution < 1.29 is 14.7 Å². The molecule has 0 radical (unpaired) electrons. The van der Waals surface area contributed by atoms with Crippen LogP contribution in [0.2, 0.25) is 0 Å². The zero-order chi connectivity index (χ0) is 14.0. The van der Waals surface area contributed by atoms with E-state index in [0.29, 0.717) is 16.7 Å². The van der Waals surface area contributed by atoms with Gasteiger partial charge < -0.3 is 10.1 Å². The van der Waals surface area contributed by atoms with Crippen LogP contribution in [-0.2, 0) is 0 Å². The van der Waals surface area contributed by atoms with E-state index in [2.05, 4.69) is 4.98 Å². The molecule has 0 atom stereocenters. The number of nitrogens with one attached hydrogen (secondary N) is 1. The Morgan fingerprint density at radius 1 is 1.16 bits per heavy atom. The van der Waals surface area contributed by atoms with Gasteiger partial charge in [0.25, 0.3) is 5.56 Å². The Kier molecular flexibility index (Phi) is 3.29. The van der Waals surface area contributed by atoms with Crippen molar-refractivity contribution in [3.05, 3.63) is 58.0 Å². The monoisotopic (exact) mass is 257 g/mol. The van der Waals surface area contributed by atoms with Crippen LogP contribution in [0.15, 0.2) is 41.3 Å². The summed E-state index contributed by atoms with van der Waals surface area (Å²) in [4.78, 5) is 35.9. The molecule has 0 spiro atoms. The molecular weight excluding hydrogens is 246 g/mol. The summed E-state index contributed by atoms with van der Waals surface area (Å²) in [7, 11) is 0. The Morgan fingerprint density at radius 3 is 2.53 bits per heavy atom. The van der Waals surface area contributed by atoms with E-state index in [9.17, 15) is 14.4 Å². The lowest BCUT2D eigenvalue weighted by atomic mass is 10.0. The highest BCUT2D eigenvalue weighted by molar-refractivity contribution is 5.95. The third-order valence-electron chi connectivity index (χ3n) is 2.74. The minimum Gasteiger partial charge on any atom is -0.477 e. The van der Waals surface area contributed by atoms with E-state index in [0.717, 1.165) is 0 Å². The average molecular weight is 257 g/mol. The fourth-order valence-electron chi connectivity index (χ4n) is 1.73. The average Bonchev–Trinajstić information content (AvgIpc) is 2.39. The minimum atomic E-state index is -1.29. The molecular formula is C14H11NO4. The summed E-state index contributed by atoms with van der Waals surface area (Å²) in [5.74, 6) is -1.37. The van der Waals surface area contributed by atoms with Gasteiger partial charge in [-0.2, -0.15) is 0 Å². The van der Waals surface area contributed by atoms with E-state index in [1.165, 1.54) is 19.2 Å². The number of benzene rings is 1. The number of carboxylic acid groups (broad SMARTS) is 1. The van der Waals surface area contributed by atoms with E-state index >= 15 is 0 Å². The Balaban J connectivity index is 2.56. The maximum atomic E-state index is 11.3. The van der Waals surface area contributed by atoms with Gasteiger partial charge in [-0.25, -0.2) is 4.79 Å². The molecule has 2 N–H and O–H groups in total. The van der Waals surface area contributed by atoms with Gasteiger partial charge >= 0.3 is 5.97 Å². The van der Waals surface area contributed by atoms with Crippen molar-refractivity contribution in [1.29, 1.82) is 0 Å². The normalized spacial score (nSPS) is 10.2. The first-order valence-corrected chi connectivity index (χ1v) is 5.56. The first kappa shape index (κ1) is 12.8. The number of carbonyl (C=O) groups is 2. The van der Waals surface area contributed by atoms with Crippen LogP contribution in [0.5, 0.6) is 0 Å². The van der Waals surface area contributed by atoms with Gasteiger partial charge in [-0.3, -0.25) is 9.59 Å². The van der Waals surface area contributed by atoms with Gasteiger partial charge in [0.15, 0.2) is 5.78 Å². The van der Waals surface area contributed by atoms with Gasteiger partial charge in [0.2, 0.25) is 0 Å². The number of ketones is 1. The number of rotatable bonds is 3. The fourth-order valence-corrected chi connectivity index (χ4v) is 1.73. The van der Waals surface area contributed by atoms with Gasteiger partial charge in [-0.05, 0) is 30.2 Å². The second-order valence-electron chi connectivity index (χ2n) is 4.07. The lowest BCUT2D eigenvalue weighted by Crippen LogP contribution is -2.16. The molecule has 0 bridgehead atoms. The summed E-state index contributed by atoms with van der Waals surface area (Å²) in [6.07, 6.45) is 1.42. The number of H-pyrrole nitrogens is 1. The molecule has 0 unspecified atom stereocenters. The maximum absolute atomic E-state index is 11.3. The van der Waals surface area contributed by atoms with Gasteiger partial charge in [0.1, 0.15) is 5.56 Å². The zero-order valence-electron chi connectivity index (χ0n) is 10.1. The molecule has 0 saturated heterocycles. The lowest BCUT2D eigenvalue weighted by molar-refractivity contribution is 0.0694. The number of hydrogen-bond acceptors (Lipinski definition) is 3. The van der Waals surface area contributed by atoms with Crippen molar-refractivity contribution >= 4 is 11.8 Å². The molecule has 0 amide bonds. The SMILES string of the molecule is CC(=O)c1cccc(-c2c[nH]c(=O)c(C(=O)O)c2)c1. The van der Waals surface area contributed by atoms with Crippen molar-refractivity contribution in [3.63, 3.8) is 0 Å². The number of pyridine rings is 1. The largest absolute Gasteiger partial charge is 0.477 e. The molecule has 0 aliphatic rings. The number of carbonyl (C=O) groups excluding carboxylic acids is 1. The molecule has 5 nitrogen and oxygen atoms in total. The molecule has 2 rings (SSSR count). The topological polar surface area (TPSA) is 87.2 Å². The molecule has 19 heavy (non-hydrogen) atoms. The number of carboxylic acids is 1. The van der Waals surface area contributed by atoms with E-state index in [1.54, 1.807) is 24.3 Å². The number of aromatic amines is 1. The summed E-state index contributed by atoms with van der Waals surface area (Å²) >= 11 is 0. The first-order chi connectivity index (χ1) is 8.99. The summed E-state index contributed by atoms with van der Waals surface area (Å²) in [5.41, 5.74) is 0.761. The molecule has 2 aromatic rings. The van der Waals surface area contributed by atoms with E-state index < -0.39 is 11.5 Å². The Morgan fingerprint density at radius 2 is 1.89 bits per heavy atom. The van der Waals surface area contributed by atoms with Crippen LogP contribution in [0.3, 0.4) is 0 Å². The molecule has 1 aromatic heterocycles. The van der Waals surface area contributed by atoms with Crippen LogP contribution in [0.4, 0.5) is 0 Å². The van der Waals surface area contributed by atoms with Crippen molar-refractivity contribution in [2.45, 2.75) is 6.92 Å². The van der Waals surface area contributed by atoms with Crippen molar-refractivity contribution in [2.24, 2.45) is 0 Å². The third-order valence-corrected chi connectivity index (χ3v) is 2.74. The number of Topliss-reactive ketones (excluding diaryl/α,β-unsaturated/α-hetero) is 1. The van der Waals surface area contributed by atoms with Crippen LogP contribution >= 0.6 is 0 Å². The van der Waals surface area contributed by atoms with E-state index in [1.807, 2.05) is 0 Å². The van der Waals surface area contributed by atoms with E-state index in [-0.39, 0.29) is 11.3 Å². The Bertz CT molecular complexity index is 715. The molecule has 0 saturated carbocycles. The Labute approximate surface area is 108 Å². The summed E-state index contributed by atoms with van der Waals surface area (Å²) < 4.78 is 0. The first-order valence-electron chi connectivity index (χ1n) is 5.56. The summed E-state index contributed by atoms with van der Waals surface area (Å²) in [6.45, 7) is 1.45. The van der Waals surface area contributed by atoms with Crippen molar-refractivity contribution in [1.82, 2.24) is 4.98 Å². The third kappa shape index (κ3) is 2.60. The quantitative estimate of drug-likeness (QED) is 0.822. The highest BCUT2D eigenvalue weighted by Gasteiger charge is 2.11. The van der Waals surface area contributed by atoms with Gasteiger partial charge in [-0.15, -0.1) is 0 Å². The molecule has 96 valence electrons. The van der Waals surface area contributed by atoms with Crippen LogP contribution in [-0.4, -0.2) is 21.8 Å². The number of aromatic carboxylic acids is 1.